The molecule has 152 valence electrons. The van der Waals surface area contributed by atoms with Crippen molar-refractivity contribution in [2.24, 2.45) is 0 Å². The summed E-state index contributed by atoms with van der Waals surface area (Å²) in [4.78, 5) is 24.9. The molecule has 3 rings (SSSR count). The fraction of sp³-hybridized carbons (Fsp3) is 0.360. The van der Waals surface area contributed by atoms with Crippen LogP contribution in [0.2, 0.25) is 0 Å². The van der Waals surface area contributed by atoms with Crippen molar-refractivity contribution in [2.45, 2.75) is 57.9 Å². The second-order valence-corrected chi connectivity index (χ2v) is 7.61. The zero-order chi connectivity index (χ0) is 20.6. The van der Waals surface area contributed by atoms with Crippen LogP contribution in [0.4, 0.5) is 0 Å². The van der Waals surface area contributed by atoms with Gasteiger partial charge < -0.3 is 10.4 Å². The SMILES string of the molecule is CCCCCCCC[C@@H](NC(=O)c1c2ccccc2cc2ccccc12)C(=O)O. The molecule has 4 heteroatoms. The first-order chi connectivity index (χ1) is 14.1. The van der Waals surface area contributed by atoms with E-state index in [9.17, 15) is 14.7 Å². The fourth-order valence-corrected chi connectivity index (χ4v) is 3.87. The van der Waals surface area contributed by atoms with E-state index >= 15 is 0 Å². The number of nitrogens with one attached hydrogen (secondary N) is 1. The number of aliphatic carboxylic acids is 1. The lowest BCUT2D eigenvalue weighted by Gasteiger charge is -2.17. The average molecular weight is 392 g/mol. The fourth-order valence-electron chi connectivity index (χ4n) is 3.87. The Bertz CT molecular complexity index is 942. The summed E-state index contributed by atoms with van der Waals surface area (Å²) in [5.74, 6) is -1.30. The van der Waals surface area contributed by atoms with Crippen LogP contribution in [0.5, 0.6) is 0 Å². The molecule has 0 radical (unpaired) electrons. The van der Waals surface area contributed by atoms with E-state index in [0.717, 1.165) is 40.8 Å². The van der Waals surface area contributed by atoms with Gasteiger partial charge in [-0.05, 0) is 34.0 Å². The summed E-state index contributed by atoms with van der Waals surface area (Å²) < 4.78 is 0. The first-order valence-corrected chi connectivity index (χ1v) is 10.6. The predicted octanol–water partition coefficient (Wildman–Crippen LogP) is 5.93. The lowest BCUT2D eigenvalue weighted by molar-refractivity contribution is -0.139. The monoisotopic (exact) mass is 391 g/mol. The molecule has 0 bridgehead atoms. The summed E-state index contributed by atoms with van der Waals surface area (Å²) in [6.45, 7) is 2.17. The molecular formula is C25H29NO3. The molecule has 29 heavy (non-hydrogen) atoms. The molecular weight excluding hydrogens is 362 g/mol. The maximum Gasteiger partial charge on any atom is 0.326 e. The Morgan fingerprint density at radius 3 is 2.00 bits per heavy atom. The van der Waals surface area contributed by atoms with E-state index < -0.39 is 12.0 Å². The summed E-state index contributed by atoms with van der Waals surface area (Å²) in [6, 6.07) is 16.7. The van der Waals surface area contributed by atoms with Crippen molar-refractivity contribution in [3.05, 3.63) is 60.2 Å². The van der Waals surface area contributed by atoms with Crippen molar-refractivity contribution in [3.8, 4) is 0 Å². The Kier molecular flexibility index (Phi) is 7.23. The van der Waals surface area contributed by atoms with Gasteiger partial charge in [0.15, 0.2) is 0 Å². The number of carboxylic acid groups (broad SMARTS) is 1. The number of fused-ring (bicyclic) bond motifs is 2. The average Bonchev–Trinajstić information content (AvgIpc) is 2.73. The number of hydrogen-bond donors (Lipinski definition) is 2. The highest BCUT2D eigenvalue weighted by atomic mass is 16.4. The number of benzene rings is 3. The molecule has 0 unspecified atom stereocenters. The normalized spacial score (nSPS) is 12.2. The van der Waals surface area contributed by atoms with Crippen molar-refractivity contribution in [1.29, 1.82) is 0 Å². The Balaban J connectivity index is 1.81. The number of hydrogen-bond acceptors (Lipinski definition) is 2. The highest BCUT2D eigenvalue weighted by molar-refractivity contribution is 6.18. The van der Waals surface area contributed by atoms with E-state index in [2.05, 4.69) is 18.3 Å². The largest absolute Gasteiger partial charge is 0.480 e. The van der Waals surface area contributed by atoms with Crippen LogP contribution in [0.25, 0.3) is 21.5 Å². The van der Waals surface area contributed by atoms with Gasteiger partial charge in [0.1, 0.15) is 6.04 Å². The molecule has 0 aliphatic carbocycles. The van der Waals surface area contributed by atoms with Gasteiger partial charge >= 0.3 is 5.97 Å². The highest BCUT2D eigenvalue weighted by Gasteiger charge is 2.22. The molecule has 2 N–H and O–H groups in total. The maximum atomic E-state index is 13.2. The number of amides is 1. The van der Waals surface area contributed by atoms with Crippen LogP contribution in [-0.4, -0.2) is 23.0 Å². The summed E-state index contributed by atoms with van der Waals surface area (Å²) in [5.41, 5.74) is 0.549. The van der Waals surface area contributed by atoms with Crippen LogP contribution in [0, 0.1) is 0 Å². The van der Waals surface area contributed by atoms with Gasteiger partial charge in [-0.15, -0.1) is 0 Å². The van der Waals surface area contributed by atoms with Crippen molar-refractivity contribution >= 4 is 33.4 Å². The third-order valence-corrected chi connectivity index (χ3v) is 5.45. The molecule has 0 heterocycles. The zero-order valence-electron chi connectivity index (χ0n) is 17.0. The predicted molar refractivity (Wildman–Crippen MR) is 118 cm³/mol. The topological polar surface area (TPSA) is 66.4 Å². The first-order valence-electron chi connectivity index (χ1n) is 10.6. The minimum atomic E-state index is -0.976. The van der Waals surface area contributed by atoms with E-state index in [1.807, 2.05) is 48.5 Å². The van der Waals surface area contributed by atoms with Gasteiger partial charge in [-0.2, -0.15) is 0 Å². The molecule has 3 aromatic carbocycles. The summed E-state index contributed by atoms with van der Waals surface area (Å²) in [5, 5.41) is 16.0. The third kappa shape index (κ3) is 5.14. The smallest absolute Gasteiger partial charge is 0.326 e. The highest BCUT2D eigenvalue weighted by Crippen LogP contribution is 2.28. The maximum absolute atomic E-state index is 13.2. The molecule has 0 fully saturated rings. The van der Waals surface area contributed by atoms with Crippen LogP contribution in [0.1, 0.15) is 62.2 Å². The summed E-state index contributed by atoms with van der Waals surface area (Å²) >= 11 is 0. The number of carbonyl (C=O) groups excluding carboxylic acids is 1. The molecule has 0 aliphatic rings. The standard InChI is InChI=1S/C25H29NO3/c1-2-3-4-5-6-7-16-22(25(28)29)26-24(27)23-20-14-10-8-12-18(20)17-19-13-9-11-15-21(19)23/h8-15,17,22H,2-7,16H2,1H3,(H,26,27)(H,28,29)/t22-/m1/s1. The van der Waals surface area contributed by atoms with Crippen molar-refractivity contribution < 1.29 is 14.7 Å². The number of rotatable bonds is 10. The van der Waals surface area contributed by atoms with Gasteiger partial charge in [0.05, 0.1) is 5.56 Å². The molecule has 0 saturated heterocycles. The lowest BCUT2D eigenvalue weighted by atomic mass is 9.96. The van der Waals surface area contributed by atoms with Gasteiger partial charge in [-0.3, -0.25) is 4.79 Å². The summed E-state index contributed by atoms with van der Waals surface area (Å²) in [6.07, 6.45) is 6.95. The molecule has 0 saturated carbocycles. The number of carbonyl (C=O) groups is 2. The molecule has 0 aliphatic heterocycles. The van der Waals surface area contributed by atoms with Gasteiger partial charge in [0, 0.05) is 0 Å². The van der Waals surface area contributed by atoms with Crippen LogP contribution in [-0.2, 0) is 4.79 Å². The van der Waals surface area contributed by atoms with E-state index in [1.165, 1.54) is 19.3 Å². The van der Waals surface area contributed by atoms with Crippen LogP contribution in [0.15, 0.2) is 54.6 Å². The number of unbranched alkanes of at least 4 members (excludes halogenated alkanes) is 5. The van der Waals surface area contributed by atoms with Crippen LogP contribution >= 0.6 is 0 Å². The Labute approximate surface area is 171 Å². The van der Waals surface area contributed by atoms with E-state index in [0.29, 0.717) is 12.0 Å². The molecule has 1 atom stereocenters. The van der Waals surface area contributed by atoms with Gasteiger partial charge in [-0.25, -0.2) is 4.79 Å². The second kappa shape index (κ2) is 10.1. The van der Waals surface area contributed by atoms with Gasteiger partial charge in [0.25, 0.3) is 5.91 Å². The van der Waals surface area contributed by atoms with Crippen molar-refractivity contribution in [2.75, 3.05) is 0 Å². The van der Waals surface area contributed by atoms with Crippen LogP contribution < -0.4 is 5.32 Å². The second-order valence-electron chi connectivity index (χ2n) is 7.61. The van der Waals surface area contributed by atoms with Gasteiger partial charge in [0.2, 0.25) is 0 Å². The third-order valence-electron chi connectivity index (χ3n) is 5.45. The quantitative estimate of drug-likeness (QED) is 0.333. The minimum absolute atomic E-state index is 0.323. The van der Waals surface area contributed by atoms with E-state index in [4.69, 9.17) is 0 Å². The van der Waals surface area contributed by atoms with Crippen LogP contribution in [0.3, 0.4) is 0 Å². The zero-order valence-corrected chi connectivity index (χ0v) is 17.0. The Morgan fingerprint density at radius 2 is 1.41 bits per heavy atom. The Hall–Kier alpha value is -2.88. The molecule has 0 spiro atoms. The van der Waals surface area contributed by atoms with Crippen molar-refractivity contribution in [3.63, 3.8) is 0 Å². The lowest BCUT2D eigenvalue weighted by Crippen LogP contribution is -2.40. The Morgan fingerprint density at radius 1 is 0.862 bits per heavy atom. The van der Waals surface area contributed by atoms with Crippen molar-refractivity contribution in [1.82, 2.24) is 5.32 Å². The minimum Gasteiger partial charge on any atom is -0.480 e. The first kappa shape index (κ1) is 20.8. The molecule has 0 aromatic heterocycles. The molecule has 3 aromatic rings. The molecule has 4 nitrogen and oxygen atoms in total. The van der Waals surface area contributed by atoms with E-state index in [-0.39, 0.29) is 5.91 Å². The van der Waals surface area contributed by atoms with E-state index in [1.54, 1.807) is 0 Å². The van der Waals surface area contributed by atoms with Gasteiger partial charge in [-0.1, -0.05) is 94.0 Å². The molecule has 1 amide bonds. The number of carboxylic acids is 1. The summed E-state index contributed by atoms with van der Waals surface area (Å²) in [7, 11) is 0.